The van der Waals surface area contributed by atoms with Gasteiger partial charge in [-0.3, -0.25) is 4.79 Å². The van der Waals surface area contributed by atoms with Crippen LogP contribution in [-0.4, -0.2) is 35.5 Å². The minimum Gasteiger partial charge on any atom is -0.504 e. The Balaban J connectivity index is 1.85. The smallest absolute Gasteiger partial charge is 0.277 e. The monoisotopic (exact) mass is 330 g/mol. The second-order valence-electron chi connectivity index (χ2n) is 4.71. The fraction of sp³-hybridized carbons (Fsp3) is 0.176. The molecule has 0 unspecified atom stereocenters. The Kier molecular flexibility index (Phi) is 6.01. The summed E-state index contributed by atoms with van der Waals surface area (Å²) in [5.74, 6) is 0.108. The first-order chi connectivity index (χ1) is 11.6. The molecule has 0 bridgehead atoms. The van der Waals surface area contributed by atoms with Crippen molar-refractivity contribution in [3.63, 3.8) is 0 Å². The van der Waals surface area contributed by atoms with Crippen LogP contribution in [0.25, 0.3) is 0 Å². The van der Waals surface area contributed by atoms with Gasteiger partial charge in [0.05, 0.1) is 12.8 Å². The normalized spacial score (nSPS) is 10.5. The minimum atomic E-state index is -0.444. The molecule has 0 radical (unpaired) electrons. The van der Waals surface area contributed by atoms with Crippen LogP contribution in [0.5, 0.6) is 23.0 Å². The Bertz CT molecular complexity index is 731. The number of para-hydroxylation sites is 2. The molecule has 0 aliphatic heterocycles. The van der Waals surface area contributed by atoms with Gasteiger partial charge in [0.25, 0.3) is 5.91 Å². The third-order valence-electron chi connectivity index (χ3n) is 2.91. The van der Waals surface area contributed by atoms with E-state index < -0.39 is 5.91 Å². The number of phenols is 2. The minimum absolute atomic E-state index is 0.220. The van der Waals surface area contributed by atoms with E-state index in [0.29, 0.717) is 23.7 Å². The number of carbonyl (C=O) groups excluding carboxylic acids is 1. The van der Waals surface area contributed by atoms with Crippen LogP contribution in [-0.2, 0) is 4.79 Å². The number of benzene rings is 2. The van der Waals surface area contributed by atoms with Gasteiger partial charge in [0.1, 0.15) is 0 Å². The lowest BCUT2D eigenvalue weighted by Gasteiger charge is -2.10. The molecule has 0 heterocycles. The lowest BCUT2D eigenvalue weighted by Crippen LogP contribution is -2.24. The van der Waals surface area contributed by atoms with Crippen LogP contribution in [0.1, 0.15) is 12.5 Å². The summed E-state index contributed by atoms with van der Waals surface area (Å²) in [6.45, 7) is 2.14. The molecule has 0 aromatic heterocycles. The molecule has 0 spiro atoms. The van der Waals surface area contributed by atoms with E-state index in [-0.39, 0.29) is 18.1 Å². The highest BCUT2D eigenvalue weighted by molar-refractivity contribution is 5.83. The largest absolute Gasteiger partial charge is 0.504 e. The zero-order valence-electron chi connectivity index (χ0n) is 13.1. The number of carbonyl (C=O) groups is 1. The Labute approximate surface area is 139 Å². The number of ether oxygens (including phenoxy) is 2. The lowest BCUT2D eigenvalue weighted by atomic mass is 10.2. The molecule has 0 saturated heterocycles. The Morgan fingerprint density at radius 2 is 1.83 bits per heavy atom. The molecule has 0 atom stereocenters. The summed E-state index contributed by atoms with van der Waals surface area (Å²) in [5, 5.41) is 22.3. The summed E-state index contributed by atoms with van der Waals surface area (Å²) in [7, 11) is 0. The first-order valence-corrected chi connectivity index (χ1v) is 7.28. The van der Waals surface area contributed by atoms with Gasteiger partial charge in [-0.15, -0.1) is 0 Å². The second-order valence-corrected chi connectivity index (χ2v) is 4.71. The molecule has 0 fully saturated rings. The van der Waals surface area contributed by atoms with Gasteiger partial charge in [0.2, 0.25) is 0 Å². The number of phenolic OH excluding ortho intramolecular Hbond substituents is 2. The predicted octanol–water partition coefficient (Wildman–Crippen LogP) is 2.03. The summed E-state index contributed by atoms with van der Waals surface area (Å²) in [4.78, 5) is 11.7. The van der Waals surface area contributed by atoms with Gasteiger partial charge in [-0.05, 0) is 42.8 Å². The van der Waals surface area contributed by atoms with Gasteiger partial charge >= 0.3 is 0 Å². The van der Waals surface area contributed by atoms with Crippen molar-refractivity contribution >= 4 is 12.1 Å². The van der Waals surface area contributed by atoms with E-state index in [1.165, 1.54) is 18.3 Å². The summed E-state index contributed by atoms with van der Waals surface area (Å²) in [6, 6.07) is 11.2. The van der Waals surface area contributed by atoms with Crippen molar-refractivity contribution < 1.29 is 24.5 Å². The highest BCUT2D eigenvalue weighted by Gasteiger charge is 2.06. The summed E-state index contributed by atoms with van der Waals surface area (Å²) < 4.78 is 10.8. The molecule has 24 heavy (non-hydrogen) atoms. The number of nitrogens with zero attached hydrogens (tertiary/aromatic N) is 1. The lowest BCUT2D eigenvalue weighted by molar-refractivity contribution is -0.123. The van der Waals surface area contributed by atoms with Crippen molar-refractivity contribution in [2.45, 2.75) is 6.92 Å². The van der Waals surface area contributed by atoms with E-state index in [9.17, 15) is 15.0 Å². The van der Waals surface area contributed by atoms with Crippen LogP contribution in [0.15, 0.2) is 47.6 Å². The topological polar surface area (TPSA) is 100 Å². The average Bonchev–Trinajstić information content (AvgIpc) is 2.57. The second kappa shape index (κ2) is 8.42. The van der Waals surface area contributed by atoms with Crippen LogP contribution >= 0.6 is 0 Å². The molecule has 2 aromatic rings. The maximum atomic E-state index is 11.7. The summed E-state index contributed by atoms with van der Waals surface area (Å²) >= 11 is 0. The zero-order valence-corrected chi connectivity index (χ0v) is 13.1. The third kappa shape index (κ3) is 4.91. The van der Waals surface area contributed by atoms with Crippen molar-refractivity contribution in [3.8, 4) is 23.0 Å². The number of hydrogen-bond acceptors (Lipinski definition) is 6. The predicted molar refractivity (Wildman–Crippen MR) is 88.6 cm³/mol. The SMILES string of the molecule is CCOc1ccccc1OCC(=O)N/N=C\c1ccc(O)c(O)c1. The van der Waals surface area contributed by atoms with Crippen LogP contribution in [0.4, 0.5) is 0 Å². The van der Waals surface area contributed by atoms with Crippen LogP contribution < -0.4 is 14.9 Å². The van der Waals surface area contributed by atoms with Gasteiger partial charge in [-0.25, -0.2) is 5.43 Å². The number of rotatable bonds is 7. The molecule has 0 aliphatic rings. The Hall–Kier alpha value is -3.22. The van der Waals surface area contributed by atoms with Crippen molar-refractivity contribution in [3.05, 3.63) is 48.0 Å². The van der Waals surface area contributed by atoms with E-state index >= 15 is 0 Å². The first kappa shape index (κ1) is 17.1. The molecule has 1 amide bonds. The molecule has 0 aliphatic carbocycles. The van der Waals surface area contributed by atoms with Crippen LogP contribution in [0.2, 0.25) is 0 Å². The van der Waals surface area contributed by atoms with Gasteiger partial charge in [0.15, 0.2) is 29.6 Å². The maximum absolute atomic E-state index is 11.7. The quantitative estimate of drug-likeness (QED) is 0.410. The van der Waals surface area contributed by atoms with Gasteiger partial charge in [0, 0.05) is 0 Å². The average molecular weight is 330 g/mol. The van der Waals surface area contributed by atoms with E-state index in [2.05, 4.69) is 10.5 Å². The number of amides is 1. The number of aromatic hydroxyl groups is 2. The van der Waals surface area contributed by atoms with Gasteiger partial charge in [-0.2, -0.15) is 5.10 Å². The molecule has 2 aromatic carbocycles. The van der Waals surface area contributed by atoms with E-state index in [0.717, 1.165) is 0 Å². The fourth-order valence-electron chi connectivity index (χ4n) is 1.82. The summed E-state index contributed by atoms with van der Waals surface area (Å²) in [5.41, 5.74) is 2.83. The van der Waals surface area contributed by atoms with Gasteiger partial charge < -0.3 is 19.7 Å². The molecular formula is C17H18N2O5. The van der Waals surface area contributed by atoms with Crippen molar-refractivity contribution in [1.29, 1.82) is 0 Å². The molecule has 7 nitrogen and oxygen atoms in total. The summed E-state index contributed by atoms with van der Waals surface area (Å²) in [6.07, 6.45) is 1.34. The van der Waals surface area contributed by atoms with Crippen molar-refractivity contribution in [2.75, 3.05) is 13.2 Å². The molecule has 126 valence electrons. The van der Waals surface area contributed by atoms with Crippen molar-refractivity contribution in [2.24, 2.45) is 5.10 Å². The standard InChI is InChI=1S/C17H18N2O5/c1-2-23-15-5-3-4-6-16(15)24-11-17(22)19-18-10-12-7-8-13(20)14(21)9-12/h3-10,20-21H,2,11H2,1H3,(H,19,22)/b18-10-. The highest BCUT2D eigenvalue weighted by atomic mass is 16.5. The Morgan fingerprint density at radius 1 is 1.12 bits per heavy atom. The van der Waals surface area contributed by atoms with Crippen molar-refractivity contribution in [1.82, 2.24) is 5.43 Å². The van der Waals surface area contributed by atoms with E-state index in [1.807, 2.05) is 13.0 Å². The molecule has 3 N–H and O–H groups in total. The fourth-order valence-corrected chi connectivity index (χ4v) is 1.82. The molecule has 7 heteroatoms. The van der Waals surface area contributed by atoms with Gasteiger partial charge in [-0.1, -0.05) is 12.1 Å². The van der Waals surface area contributed by atoms with E-state index in [4.69, 9.17) is 9.47 Å². The number of hydrazone groups is 1. The van der Waals surface area contributed by atoms with E-state index in [1.54, 1.807) is 24.3 Å². The third-order valence-corrected chi connectivity index (χ3v) is 2.91. The number of hydrogen-bond donors (Lipinski definition) is 3. The Morgan fingerprint density at radius 3 is 2.50 bits per heavy atom. The molecular weight excluding hydrogens is 312 g/mol. The highest BCUT2D eigenvalue weighted by Crippen LogP contribution is 2.26. The molecule has 2 rings (SSSR count). The first-order valence-electron chi connectivity index (χ1n) is 7.28. The van der Waals surface area contributed by atoms with Crippen LogP contribution in [0.3, 0.4) is 0 Å². The zero-order chi connectivity index (χ0) is 17.4. The molecule has 0 saturated carbocycles. The maximum Gasteiger partial charge on any atom is 0.277 e. The van der Waals surface area contributed by atoms with Crippen LogP contribution in [0, 0.1) is 0 Å². The number of nitrogens with one attached hydrogen (secondary N) is 1.